The van der Waals surface area contributed by atoms with Crippen molar-refractivity contribution >= 4 is 38.3 Å². The third kappa shape index (κ3) is 4.25. The van der Waals surface area contributed by atoms with Crippen molar-refractivity contribution in [3.8, 4) is 10.8 Å². The lowest BCUT2D eigenvalue weighted by Crippen LogP contribution is -2.45. The Labute approximate surface area is 218 Å². The third-order valence-electron chi connectivity index (χ3n) is 7.82. The van der Waals surface area contributed by atoms with Crippen LogP contribution in [0, 0.1) is 5.41 Å². The second-order valence-electron chi connectivity index (χ2n) is 10.7. The lowest BCUT2D eigenvalue weighted by atomic mass is 9.75. The van der Waals surface area contributed by atoms with Gasteiger partial charge in [0, 0.05) is 24.8 Å². The second kappa shape index (κ2) is 8.52. The van der Waals surface area contributed by atoms with E-state index in [-0.39, 0.29) is 21.8 Å². The molecule has 0 bridgehead atoms. The smallest absolute Gasteiger partial charge is 0.242 e. The molecule has 1 N–H and O–H groups in total. The standard InChI is InChI=1S/C24H29FN6O4S2/c1-14(25)21-27-28-22(36-21)20-26-11-18-17(30-8-6-24(7-9-30)13-35-15(2)19(24)32)10-16(12-31(18)20)37(33,34)29-23(3)4-5-23/h10-12,14-15,29H,4-9,13H2,1-3H3/t14?,15-/m0/s1. The Kier molecular flexibility index (Phi) is 5.72. The number of nitrogens with zero attached hydrogens (tertiary/aromatic N) is 5. The van der Waals surface area contributed by atoms with Gasteiger partial charge in [-0.3, -0.25) is 9.20 Å². The van der Waals surface area contributed by atoms with Gasteiger partial charge in [-0.05, 0) is 52.5 Å². The Morgan fingerprint density at radius 2 is 1.97 bits per heavy atom. The fraction of sp³-hybridized carbons (Fsp3) is 0.583. The number of aromatic nitrogens is 4. The monoisotopic (exact) mass is 548 g/mol. The molecule has 0 amide bonds. The van der Waals surface area contributed by atoms with E-state index in [9.17, 15) is 17.6 Å². The number of hydrogen-bond donors (Lipinski definition) is 1. The Balaban J connectivity index is 1.42. The molecule has 1 spiro atoms. The summed E-state index contributed by atoms with van der Waals surface area (Å²) in [5.41, 5.74) is 0.499. The predicted octanol–water partition coefficient (Wildman–Crippen LogP) is 3.29. The number of hydrogen-bond acceptors (Lipinski definition) is 9. The highest BCUT2D eigenvalue weighted by Crippen LogP contribution is 2.42. The normalized spacial score (nSPS) is 23.7. The highest BCUT2D eigenvalue weighted by Gasteiger charge is 2.49. The number of Topliss-reactive ketones (excluding diaryl/α,β-unsaturated/α-hetero) is 1. The average molecular weight is 549 g/mol. The number of ketones is 1. The summed E-state index contributed by atoms with van der Waals surface area (Å²) in [6.07, 6.45) is 4.39. The summed E-state index contributed by atoms with van der Waals surface area (Å²) in [5.74, 6) is 0.549. The maximum atomic E-state index is 13.8. The minimum Gasteiger partial charge on any atom is -0.370 e. The van der Waals surface area contributed by atoms with Crippen LogP contribution in [0.5, 0.6) is 0 Å². The minimum atomic E-state index is -3.82. The zero-order chi connectivity index (χ0) is 26.2. The zero-order valence-corrected chi connectivity index (χ0v) is 22.5. The van der Waals surface area contributed by atoms with Crippen molar-refractivity contribution in [3.63, 3.8) is 0 Å². The fourth-order valence-electron chi connectivity index (χ4n) is 5.20. The molecule has 3 aliphatic rings. The van der Waals surface area contributed by atoms with Gasteiger partial charge in [0.15, 0.2) is 27.8 Å². The Morgan fingerprint density at radius 1 is 1.24 bits per heavy atom. The number of pyridine rings is 1. The van der Waals surface area contributed by atoms with E-state index in [4.69, 9.17) is 4.74 Å². The van der Waals surface area contributed by atoms with E-state index in [0.29, 0.717) is 54.6 Å². The van der Waals surface area contributed by atoms with E-state index in [2.05, 4.69) is 24.8 Å². The van der Waals surface area contributed by atoms with Crippen LogP contribution in [0.15, 0.2) is 23.4 Å². The topological polar surface area (TPSA) is 119 Å². The van der Waals surface area contributed by atoms with Crippen LogP contribution in [0.4, 0.5) is 10.1 Å². The third-order valence-corrected chi connectivity index (χ3v) is 10.5. The molecular formula is C24H29FN6O4S2. The molecular weight excluding hydrogens is 519 g/mol. The predicted molar refractivity (Wildman–Crippen MR) is 136 cm³/mol. The first-order chi connectivity index (χ1) is 17.5. The summed E-state index contributed by atoms with van der Waals surface area (Å²) in [6, 6.07) is 1.68. The van der Waals surface area contributed by atoms with Gasteiger partial charge in [-0.2, -0.15) is 0 Å². The second-order valence-corrected chi connectivity index (χ2v) is 13.4. The number of ether oxygens (including phenoxy) is 1. The number of carbonyl (C=O) groups excluding carboxylic acids is 1. The highest BCUT2D eigenvalue weighted by atomic mass is 32.2. The largest absolute Gasteiger partial charge is 0.370 e. The number of anilines is 1. The number of alkyl halides is 1. The van der Waals surface area contributed by atoms with E-state index in [1.165, 1.54) is 13.1 Å². The quantitative estimate of drug-likeness (QED) is 0.499. The van der Waals surface area contributed by atoms with E-state index in [0.717, 1.165) is 24.2 Å². The molecule has 2 aliphatic heterocycles. The van der Waals surface area contributed by atoms with Crippen LogP contribution in [-0.2, 0) is 19.6 Å². The van der Waals surface area contributed by atoms with Gasteiger partial charge in [-0.15, -0.1) is 10.2 Å². The Hall–Kier alpha value is -2.48. The first kappa shape index (κ1) is 24.8. The van der Waals surface area contributed by atoms with Crippen LogP contribution >= 0.6 is 11.3 Å². The molecule has 1 aliphatic carbocycles. The Morgan fingerprint density at radius 3 is 2.57 bits per heavy atom. The first-order valence-electron chi connectivity index (χ1n) is 12.4. The van der Waals surface area contributed by atoms with Gasteiger partial charge < -0.3 is 9.64 Å². The van der Waals surface area contributed by atoms with Crippen molar-refractivity contribution in [2.24, 2.45) is 5.41 Å². The van der Waals surface area contributed by atoms with E-state index < -0.39 is 27.1 Å². The van der Waals surface area contributed by atoms with Crippen molar-refractivity contribution in [1.29, 1.82) is 0 Å². The molecule has 13 heteroatoms. The maximum Gasteiger partial charge on any atom is 0.242 e. The van der Waals surface area contributed by atoms with Gasteiger partial charge in [-0.1, -0.05) is 11.3 Å². The molecule has 3 aromatic rings. The number of rotatable bonds is 6. The van der Waals surface area contributed by atoms with Crippen molar-refractivity contribution in [3.05, 3.63) is 23.5 Å². The molecule has 1 saturated carbocycles. The SMILES string of the molecule is CC(F)c1nnc(-c2ncc3c(N4CCC5(CC4)CO[C@@H](C)C5=O)cc(S(=O)(=O)NC4(C)CC4)cn23)s1. The fourth-order valence-corrected chi connectivity index (χ4v) is 7.45. The molecule has 198 valence electrons. The minimum absolute atomic E-state index is 0.111. The number of halogens is 1. The van der Waals surface area contributed by atoms with E-state index in [1.807, 2.05) is 6.92 Å². The van der Waals surface area contributed by atoms with Crippen LogP contribution in [0.2, 0.25) is 0 Å². The summed E-state index contributed by atoms with van der Waals surface area (Å²) < 4.78 is 50.8. The molecule has 3 aromatic heterocycles. The van der Waals surface area contributed by atoms with Crippen LogP contribution in [0.1, 0.15) is 57.6 Å². The van der Waals surface area contributed by atoms with Gasteiger partial charge >= 0.3 is 0 Å². The van der Waals surface area contributed by atoms with Crippen molar-refractivity contribution in [2.45, 2.75) is 69.2 Å². The van der Waals surface area contributed by atoms with Gasteiger partial charge in [0.05, 0.1) is 29.4 Å². The van der Waals surface area contributed by atoms with Crippen LogP contribution in [-0.4, -0.2) is 65.1 Å². The number of carbonyl (C=O) groups is 1. The lowest BCUT2D eigenvalue weighted by molar-refractivity contribution is -0.128. The Bertz CT molecular complexity index is 1490. The number of nitrogens with one attached hydrogen (secondary N) is 1. The molecule has 2 atom stereocenters. The molecule has 5 heterocycles. The molecule has 1 unspecified atom stereocenters. The average Bonchev–Trinajstić information content (AvgIpc) is 3.22. The van der Waals surface area contributed by atoms with Crippen LogP contribution in [0.25, 0.3) is 16.3 Å². The molecule has 0 aromatic carbocycles. The number of piperidine rings is 1. The summed E-state index contributed by atoms with van der Waals surface area (Å²) >= 11 is 1.09. The van der Waals surface area contributed by atoms with Crippen molar-refractivity contribution in [2.75, 3.05) is 24.6 Å². The van der Waals surface area contributed by atoms with Crippen molar-refractivity contribution in [1.82, 2.24) is 24.3 Å². The van der Waals surface area contributed by atoms with E-state index >= 15 is 0 Å². The first-order valence-corrected chi connectivity index (χ1v) is 14.7. The van der Waals surface area contributed by atoms with E-state index in [1.54, 1.807) is 23.6 Å². The van der Waals surface area contributed by atoms with Crippen LogP contribution < -0.4 is 9.62 Å². The number of sulfonamides is 1. The maximum absolute atomic E-state index is 13.8. The molecule has 10 nitrogen and oxygen atoms in total. The van der Waals surface area contributed by atoms with Gasteiger partial charge in [0.1, 0.15) is 11.0 Å². The molecule has 37 heavy (non-hydrogen) atoms. The lowest BCUT2D eigenvalue weighted by Gasteiger charge is -2.38. The number of fused-ring (bicyclic) bond motifs is 1. The number of imidazole rings is 1. The van der Waals surface area contributed by atoms with Crippen LogP contribution in [0.3, 0.4) is 0 Å². The molecule has 0 radical (unpaired) electrons. The molecule has 6 rings (SSSR count). The van der Waals surface area contributed by atoms with Gasteiger partial charge in [-0.25, -0.2) is 22.5 Å². The zero-order valence-electron chi connectivity index (χ0n) is 20.9. The highest BCUT2D eigenvalue weighted by molar-refractivity contribution is 7.89. The summed E-state index contributed by atoms with van der Waals surface area (Å²) in [5, 5.41) is 8.68. The van der Waals surface area contributed by atoms with Gasteiger partial charge in [0.25, 0.3) is 0 Å². The molecule has 3 fully saturated rings. The molecule has 2 saturated heterocycles. The van der Waals surface area contributed by atoms with Crippen molar-refractivity contribution < 1.29 is 22.3 Å². The summed E-state index contributed by atoms with van der Waals surface area (Å²) in [7, 11) is -3.82. The summed E-state index contributed by atoms with van der Waals surface area (Å²) in [4.78, 5) is 19.5. The van der Waals surface area contributed by atoms with Gasteiger partial charge in [0.2, 0.25) is 10.0 Å². The summed E-state index contributed by atoms with van der Waals surface area (Å²) in [6.45, 7) is 6.66.